The Kier molecular flexibility index (Phi) is 6.81. The van der Waals surface area contributed by atoms with Crippen LogP contribution < -0.4 is 5.32 Å². The molecule has 0 unspecified atom stereocenters. The minimum atomic E-state index is -0.451. The lowest BCUT2D eigenvalue weighted by atomic mass is 10.0. The van der Waals surface area contributed by atoms with Crippen molar-refractivity contribution in [2.75, 3.05) is 26.2 Å². The van der Waals surface area contributed by atoms with Gasteiger partial charge in [0.05, 0.1) is 24.2 Å². The number of carbonyl (C=O) groups excluding carboxylic acids is 5. The Morgan fingerprint density at radius 1 is 1.03 bits per heavy atom. The molecule has 0 aliphatic carbocycles. The summed E-state index contributed by atoms with van der Waals surface area (Å²) in [5.74, 6) is -1.82. The molecule has 2 aliphatic heterocycles. The van der Waals surface area contributed by atoms with Gasteiger partial charge in [-0.15, -0.1) is 0 Å². The third kappa shape index (κ3) is 4.84. The van der Waals surface area contributed by atoms with Gasteiger partial charge in [-0.1, -0.05) is 12.1 Å². The van der Waals surface area contributed by atoms with Crippen molar-refractivity contribution in [1.29, 1.82) is 0 Å². The minimum Gasteiger partial charge on any atom is -0.466 e. The van der Waals surface area contributed by atoms with E-state index in [-0.39, 0.29) is 43.8 Å². The first-order valence-electron chi connectivity index (χ1n) is 10.1. The summed E-state index contributed by atoms with van der Waals surface area (Å²) < 4.78 is 4.80. The Balaban J connectivity index is 1.44. The molecule has 0 aromatic heterocycles. The number of fused-ring (bicyclic) bond motifs is 1. The summed E-state index contributed by atoms with van der Waals surface area (Å²) >= 11 is 0. The summed E-state index contributed by atoms with van der Waals surface area (Å²) in [6.07, 6.45) is 1.24. The number of hydrogen-bond donors (Lipinski definition) is 1. The van der Waals surface area contributed by atoms with Crippen LogP contribution in [0.1, 0.15) is 53.3 Å². The number of imide groups is 1. The zero-order chi connectivity index (χ0) is 21.7. The van der Waals surface area contributed by atoms with Gasteiger partial charge in [-0.3, -0.25) is 28.9 Å². The molecule has 30 heavy (non-hydrogen) atoms. The Bertz CT molecular complexity index is 825. The number of hydrogen-bond acceptors (Lipinski definition) is 6. The monoisotopic (exact) mass is 415 g/mol. The molecule has 1 saturated heterocycles. The van der Waals surface area contributed by atoms with Crippen LogP contribution in [0, 0.1) is 0 Å². The number of rotatable bonds is 7. The van der Waals surface area contributed by atoms with Crippen molar-refractivity contribution in [1.82, 2.24) is 15.1 Å². The second kappa shape index (κ2) is 9.51. The molecule has 3 rings (SSSR count). The van der Waals surface area contributed by atoms with Gasteiger partial charge in [0.1, 0.15) is 6.54 Å². The topological polar surface area (TPSA) is 113 Å². The van der Waals surface area contributed by atoms with E-state index in [1.807, 2.05) is 0 Å². The number of benzene rings is 1. The standard InChI is InChI=1S/C21H25N3O6/c1-2-30-19(27)8-7-17(25)22-14-9-11-23(12-10-14)18(26)13-24-20(28)15-5-3-4-6-16(15)21(24)29/h3-6,14H,2,7-13H2,1H3,(H,22,25). The molecule has 9 nitrogen and oxygen atoms in total. The van der Waals surface area contributed by atoms with Crippen molar-refractivity contribution in [3.8, 4) is 0 Å². The van der Waals surface area contributed by atoms with Crippen LogP contribution in [0.5, 0.6) is 0 Å². The number of ether oxygens (including phenoxy) is 1. The molecule has 2 heterocycles. The van der Waals surface area contributed by atoms with Crippen molar-refractivity contribution in [3.63, 3.8) is 0 Å². The fraction of sp³-hybridized carbons (Fsp3) is 0.476. The van der Waals surface area contributed by atoms with E-state index in [0.29, 0.717) is 37.1 Å². The first kappa shape index (κ1) is 21.5. The van der Waals surface area contributed by atoms with E-state index in [4.69, 9.17) is 4.74 Å². The zero-order valence-electron chi connectivity index (χ0n) is 16.9. The molecule has 0 radical (unpaired) electrons. The highest BCUT2D eigenvalue weighted by molar-refractivity contribution is 6.22. The molecule has 2 aliphatic rings. The predicted molar refractivity (Wildman–Crippen MR) is 105 cm³/mol. The molecular formula is C21H25N3O6. The molecule has 4 amide bonds. The van der Waals surface area contributed by atoms with Crippen LogP contribution in [0.15, 0.2) is 24.3 Å². The van der Waals surface area contributed by atoms with Crippen molar-refractivity contribution in [3.05, 3.63) is 35.4 Å². The molecule has 9 heteroatoms. The van der Waals surface area contributed by atoms with E-state index in [1.54, 1.807) is 36.1 Å². The van der Waals surface area contributed by atoms with Gasteiger partial charge < -0.3 is 15.0 Å². The summed E-state index contributed by atoms with van der Waals surface area (Å²) in [5, 5.41) is 2.87. The van der Waals surface area contributed by atoms with Gasteiger partial charge in [-0.25, -0.2) is 0 Å². The van der Waals surface area contributed by atoms with Crippen molar-refractivity contribution in [2.45, 2.75) is 38.6 Å². The number of carbonyl (C=O) groups is 5. The van der Waals surface area contributed by atoms with Gasteiger partial charge in [0.25, 0.3) is 11.8 Å². The molecule has 0 atom stereocenters. The lowest BCUT2D eigenvalue weighted by Gasteiger charge is -2.33. The second-order valence-electron chi connectivity index (χ2n) is 7.27. The van der Waals surface area contributed by atoms with Crippen LogP contribution in [0.3, 0.4) is 0 Å². The Morgan fingerprint density at radius 3 is 2.20 bits per heavy atom. The predicted octanol–water partition coefficient (Wildman–Crippen LogP) is 0.733. The highest BCUT2D eigenvalue weighted by Gasteiger charge is 2.37. The van der Waals surface area contributed by atoms with Gasteiger partial charge in [0, 0.05) is 25.6 Å². The fourth-order valence-corrected chi connectivity index (χ4v) is 3.64. The molecule has 0 spiro atoms. The highest BCUT2D eigenvalue weighted by Crippen LogP contribution is 2.22. The van der Waals surface area contributed by atoms with E-state index in [2.05, 4.69) is 5.32 Å². The Hall–Kier alpha value is -3.23. The first-order valence-corrected chi connectivity index (χ1v) is 10.1. The number of amides is 4. The smallest absolute Gasteiger partial charge is 0.306 e. The Labute approximate surface area is 174 Å². The maximum absolute atomic E-state index is 12.6. The Morgan fingerprint density at radius 2 is 1.63 bits per heavy atom. The first-order chi connectivity index (χ1) is 14.4. The van der Waals surface area contributed by atoms with E-state index in [9.17, 15) is 24.0 Å². The normalized spacial score (nSPS) is 16.4. The van der Waals surface area contributed by atoms with Crippen LogP contribution in [-0.2, 0) is 19.1 Å². The molecule has 160 valence electrons. The lowest BCUT2D eigenvalue weighted by molar-refractivity contribution is -0.144. The van der Waals surface area contributed by atoms with Crippen LogP contribution in [0.25, 0.3) is 0 Å². The van der Waals surface area contributed by atoms with Crippen molar-refractivity contribution >= 4 is 29.6 Å². The van der Waals surface area contributed by atoms with E-state index >= 15 is 0 Å². The SMILES string of the molecule is CCOC(=O)CCC(=O)NC1CCN(C(=O)CN2C(=O)c3ccccc3C2=O)CC1. The maximum atomic E-state index is 12.6. The molecule has 1 N–H and O–H groups in total. The highest BCUT2D eigenvalue weighted by atomic mass is 16.5. The molecular weight excluding hydrogens is 390 g/mol. The minimum absolute atomic E-state index is 0.0390. The summed E-state index contributed by atoms with van der Waals surface area (Å²) in [6, 6.07) is 6.44. The quantitative estimate of drug-likeness (QED) is 0.519. The van der Waals surface area contributed by atoms with Crippen molar-refractivity contribution < 1.29 is 28.7 Å². The van der Waals surface area contributed by atoms with Crippen LogP contribution in [0.2, 0.25) is 0 Å². The van der Waals surface area contributed by atoms with Gasteiger partial charge in [0.2, 0.25) is 11.8 Å². The van der Waals surface area contributed by atoms with Gasteiger partial charge in [-0.2, -0.15) is 0 Å². The molecule has 1 aromatic rings. The number of nitrogens with one attached hydrogen (secondary N) is 1. The van der Waals surface area contributed by atoms with Crippen molar-refractivity contribution in [2.24, 2.45) is 0 Å². The summed E-state index contributed by atoms with van der Waals surface area (Å²) in [7, 11) is 0. The van der Waals surface area contributed by atoms with E-state index in [0.717, 1.165) is 4.90 Å². The number of piperidine rings is 1. The van der Waals surface area contributed by atoms with Crippen LogP contribution >= 0.6 is 0 Å². The van der Waals surface area contributed by atoms with Gasteiger partial charge in [0.15, 0.2) is 0 Å². The number of likely N-dealkylation sites (tertiary alicyclic amines) is 1. The summed E-state index contributed by atoms with van der Waals surface area (Å²) in [6.45, 7) is 2.55. The zero-order valence-corrected chi connectivity index (χ0v) is 16.9. The molecule has 1 fully saturated rings. The van der Waals surface area contributed by atoms with E-state index < -0.39 is 17.8 Å². The number of nitrogens with zero attached hydrogens (tertiary/aromatic N) is 2. The van der Waals surface area contributed by atoms with Gasteiger partial charge in [-0.05, 0) is 31.9 Å². The summed E-state index contributed by atoms with van der Waals surface area (Å²) in [4.78, 5) is 63.3. The van der Waals surface area contributed by atoms with Gasteiger partial charge >= 0.3 is 5.97 Å². The lowest BCUT2D eigenvalue weighted by Crippen LogP contribution is -2.49. The molecule has 1 aromatic carbocycles. The third-order valence-corrected chi connectivity index (χ3v) is 5.25. The number of esters is 1. The average Bonchev–Trinajstić information content (AvgIpc) is 2.98. The second-order valence-corrected chi connectivity index (χ2v) is 7.27. The largest absolute Gasteiger partial charge is 0.466 e. The summed E-state index contributed by atoms with van der Waals surface area (Å²) in [5.41, 5.74) is 0.638. The average molecular weight is 415 g/mol. The third-order valence-electron chi connectivity index (χ3n) is 5.25. The molecule has 0 saturated carbocycles. The van der Waals surface area contributed by atoms with Crippen LogP contribution in [0.4, 0.5) is 0 Å². The molecule has 0 bridgehead atoms. The van der Waals surface area contributed by atoms with Crippen LogP contribution in [-0.4, -0.2) is 71.7 Å². The maximum Gasteiger partial charge on any atom is 0.306 e. The fourth-order valence-electron chi connectivity index (χ4n) is 3.64. The van der Waals surface area contributed by atoms with E-state index in [1.165, 1.54) is 0 Å².